The van der Waals surface area contributed by atoms with Crippen LogP contribution in [-0.4, -0.2) is 23.1 Å². The summed E-state index contributed by atoms with van der Waals surface area (Å²) in [6.07, 6.45) is 11.5. The number of benzene rings is 1. The fraction of sp³-hybridized carbons (Fsp3) is 0.429. The minimum atomic E-state index is -0.365. The lowest BCUT2D eigenvalue weighted by Gasteiger charge is -2.23. The molecule has 1 fully saturated rings. The molecule has 1 saturated carbocycles. The first-order valence-corrected chi connectivity index (χ1v) is 13.6. The smallest absolute Gasteiger partial charge is 0.273 e. The molecule has 2 heterocycles. The molecular formula is C28H31N3O4S. The molecule has 5 rings (SSSR count). The third-order valence-corrected chi connectivity index (χ3v) is 8.58. The van der Waals surface area contributed by atoms with E-state index in [0.717, 1.165) is 60.2 Å². The first-order chi connectivity index (χ1) is 17.4. The van der Waals surface area contributed by atoms with Gasteiger partial charge in [-0.2, -0.15) is 0 Å². The molecule has 1 N–H and O–H groups in total. The van der Waals surface area contributed by atoms with E-state index in [9.17, 15) is 14.9 Å². The maximum atomic E-state index is 13.4. The topological polar surface area (TPSA) is 97.7 Å². The quantitative estimate of drug-likeness (QED) is 0.217. The highest BCUT2D eigenvalue weighted by molar-refractivity contribution is 7.16. The average Bonchev–Trinajstić information content (AvgIpc) is 3.49. The molecule has 188 valence electrons. The lowest BCUT2D eigenvalue weighted by atomic mass is 9.93. The number of nitrogens with one attached hydrogen (secondary N) is 1. The molecule has 1 amide bonds. The summed E-state index contributed by atoms with van der Waals surface area (Å²) in [5.74, 6) is 1.08. The zero-order valence-electron chi connectivity index (χ0n) is 20.8. The molecule has 2 aliphatic rings. The Balaban J connectivity index is 1.41. The second kappa shape index (κ2) is 10.4. The van der Waals surface area contributed by atoms with E-state index in [-0.39, 0.29) is 22.6 Å². The van der Waals surface area contributed by atoms with Gasteiger partial charge in [-0.3, -0.25) is 14.9 Å². The van der Waals surface area contributed by atoms with Crippen LogP contribution in [0.15, 0.2) is 33.7 Å². The minimum absolute atomic E-state index is 0.00368. The van der Waals surface area contributed by atoms with Gasteiger partial charge in [0.2, 0.25) is 0 Å². The predicted molar refractivity (Wildman–Crippen MR) is 143 cm³/mol. The number of hydrogen-bond donors (Lipinski definition) is 1. The molecule has 0 unspecified atom stereocenters. The summed E-state index contributed by atoms with van der Waals surface area (Å²) < 4.78 is 5.98. The van der Waals surface area contributed by atoms with Crippen LogP contribution in [0.1, 0.15) is 82.6 Å². The van der Waals surface area contributed by atoms with Crippen molar-refractivity contribution in [2.24, 2.45) is 4.99 Å². The largest absolute Gasteiger partial charge is 0.455 e. The molecule has 0 saturated heterocycles. The summed E-state index contributed by atoms with van der Waals surface area (Å²) in [5, 5.41) is 15.4. The van der Waals surface area contributed by atoms with E-state index in [1.807, 2.05) is 13.0 Å². The van der Waals surface area contributed by atoms with Crippen molar-refractivity contribution in [1.29, 1.82) is 0 Å². The number of nitro groups is 1. The number of hydrogen-bond acceptors (Lipinski definition) is 6. The Bertz CT molecular complexity index is 1330. The van der Waals surface area contributed by atoms with Crippen LogP contribution in [0.25, 0.3) is 11.3 Å². The second-order valence-electron chi connectivity index (χ2n) is 9.85. The van der Waals surface area contributed by atoms with Gasteiger partial charge in [0.15, 0.2) is 0 Å². The number of amides is 1. The zero-order valence-corrected chi connectivity index (χ0v) is 21.6. The normalized spacial score (nSPS) is 16.3. The third kappa shape index (κ3) is 5.00. The number of thiophene rings is 1. The molecule has 0 bridgehead atoms. The Morgan fingerprint density at radius 3 is 2.69 bits per heavy atom. The van der Waals surface area contributed by atoms with Crippen molar-refractivity contribution in [3.63, 3.8) is 0 Å². The van der Waals surface area contributed by atoms with Gasteiger partial charge >= 0.3 is 0 Å². The molecule has 3 aromatic rings. The van der Waals surface area contributed by atoms with Crippen molar-refractivity contribution in [3.8, 4) is 11.3 Å². The molecule has 0 atom stereocenters. The molecule has 0 aliphatic heterocycles. The highest BCUT2D eigenvalue weighted by Crippen LogP contribution is 2.40. The van der Waals surface area contributed by atoms with Crippen LogP contribution in [0.3, 0.4) is 0 Å². The summed E-state index contributed by atoms with van der Waals surface area (Å²) in [6, 6.07) is 7.28. The van der Waals surface area contributed by atoms with Crippen LogP contribution in [0.4, 0.5) is 10.7 Å². The van der Waals surface area contributed by atoms with Gasteiger partial charge in [0, 0.05) is 28.1 Å². The van der Waals surface area contributed by atoms with E-state index in [0.29, 0.717) is 22.6 Å². The van der Waals surface area contributed by atoms with Crippen molar-refractivity contribution in [2.75, 3.05) is 0 Å². The van der Waals surface area contributed by atoms with E-state index >= 15 is 0 Å². The molecule has 2 aromatic heterocycles. The molecule has 7 nitrogen and oxygen atoms in total. The second-order valence-corrected chi connectivity index (χ2v) is 10.9. The summed E-state index contributed by atoms with van der Waals surface area (Å²) in [5.41, 5.74) is 4.11. The number of aryl methyl sites for hydroxylation is 2. The SMILES string of the molecule is Cc1cc(-c2ccc(/C=N\c3sc4c(c3C(=O)NC3CCCCC3)CCCC4)o2)cc([N+](=O)[O-])c1C. The summed E-state index contributed by atoms with van der Waals surface area (Å²) in [6.45, 7) is 3.61. The van der Waals surface area contributed by atoms with Crippen molar-refractivity contribution in [3.05, 3.63) is 67.3 Å². The molecular weight excluding hydrogens is 474 g/mol. The Hall–Kier alpha value is -3.26. The van der Waals surface area contributed by atoms with Crippen LogP contribution in [0, 0.1) is 24.0 Å². The van der Waals surface area contributed by atoms with E-state index in [2.05, 4.69) is 5.32 Å². The maximum absolute atomic E-state index is 13.4. The average molecular weight is 506 g/mol. The van der Waals surface area contributed by atoms with Gasteiger partial charge in [-0.1, -0.05) is 19.3 Å². The highest BCUT2D eigenvalue weighted by Gasteiger charge is 2.27. The van der Waals surface area contributed by atoms with Gasteiger partial charge in [-0.15, -0.1) is 11.3 Å². The number of furan rings is 1. The third-order valence-electron chi connectivity index (χ3n) is 7.38. The van der Waals surface area contributed by atoms with Gasteiger partial charge in [-0.25, -0.2) is 4.99 Å². The number of fused-ring (bicyclic) bond motifs is 1. The fourth-order valence-electron chi connectivity index (χ4n) is 5.25. The number of nitro benzene ring substituents is 1. The monoisotopic (exact) mass is 505 g/mol. The van der Waals surface area contributed by atoms with Crippen molar-refractivity contribution in [2.45, 2.75) is 77.7 Å². The maximum Gasteiger partial charge on any atom is 0.273 e. The van der Waals surface area contributed by atoms with Crippen LogP contribution in [0.5, 0.6) is 0 Å². The minimum Gasteiger partial charge on any atom is -0.455 e. The molecule has 0 radical (unpaired) electrons. The Labute approximate surface area is 214 Å². The standard InChI is InChI=1S/C28H31N3O4S/c1-17-14-19(15-23(18(17)2)31(33)34)24-13-12-21(35-24)16-29-28-26(22-10-6-7-11-25(22)36-28)27(32)30-20-8-4-3-5-9-20/h12-16,20H,3-11H2,1-2H3,(H,30,32)/b29-16-. The van der Waals surface area contributed by atoms with E-state index in [1.54, 1.807) is 42.7 Å². The molecule has 0 spiro atoms. The van der Waals surface area contributed by atoms with Crippen LogP contribution in [0.2, 0.25) is 0 Å². The Morgan fingerprint density at radius 1 is 1.14 bits per heavy atom. The molecule has 36 heavy (non-hydrogen) atoms. The zero-order chi connectivity index (χ0) is 25.2. The van der Waals surface area contributed by atoms with Crippen molar-refractivity contribution >= 4 is 34.1 Å². The number of carbonyl (C=O) groups excluding carboxylic acids is 1. The summed E-state index contributed by atoms with van der Waals surface area (Å²) >= 11 is 1.61. The number of nitrogens with zero attached hydrogens (tertiary/aromatic N) is 2. The van der Waals surface area contributed by atoms with Crippen LogP contribution in [-0.2, 0) is 12.8 Å². The highest BCUT2D eigenvalue weighted by atomic mass is 32.1. The molecule has 2 aliphatic carbocycles. The lowest BCUT2D eigenvalue weighted by Crippen LogP contribution is -2.36. The number of rotatable bonds is 6. The predicted octanol–water partition coefficient (Wildman–Crippen LogP) is 7.23. The first-order valence-electron chi connectivity index (χ1n) is 12.8. The van der Waals surface area contributed by atoms with Crippen LogP contribution < -0.4 is 5.32 Å². The molecule has 1 aromatic carbocycles. The lowest BCUT2D eigenvalue weighted by molar-refractivity contribution is -0.385. The number of aliphatic imine (C=N–C) groups is 1. The van der Waals surface area contributed by atoms with E-state index < -0.39 is 0 Å². The summed E-state index contributed by atoms with van der Waals surface area (Å²) in [4.78, 5) is 30.4. The van der Waals surface area contributed by atoms with Gasteiger partial charge in [-0.05, 0) is 81.7 Å². The number of carbonyl (C=O) groups is 1. The van der Waals surface area contributed by atoms with Gasteiger partial charge < -0.3 is 9.73 Å². The Morgan fingerprint density at radius 2 is 1.92 bits per heavy atom. The van der Waals surface area contributed by atoms with Gasteiger partial charge in [0.25, 0.3) is 11.6 Å². The van der Waals surface area contributed by atoms with Crippen LogP contribution >= 0.6 is 11.3 Å². The Kier molecular flexibility index (Phi) is 7.05. The molecule has 8 heteroatoms. The van der Waals surface area contributed by atoms with Gasteiger partial charge in [0.1, 0.15) is 16.5 Å². The van der Waals surface area contributed by atoms with Crippen molar-refractivity contribution < 1.29 is 14.1 Å². The fourth-order valence-corrected chi connectivity index (χ4v) is 6.48. The van der Waals surface area contributed by atoms with E-state index in [4.69, 9.17) is 9.41 Å². The van der Waals surface area contributed by atoms with E-state index in [1.165, 1.54) is 24.1 Å². The summed E-state index contributed by atoms with van der Waals surface area (Å²) in [7, 11) is 0. The van der Waals surface area contributed by atoms with Crippen molar-refractivity contribution in [1.82, 2.24) is 5.32 Å². The first kappa shape index (κ1) is 24.4. The van der Waals surface area contributed by atoms with Gasteiger partial charge in [0.05, 0.1) is 16.7 Å².